The van der Waals surface area contributed by atoms with Crippen LogP contribution in [0.3, 0.4) is 0 Å². The topological polar surface area (TPSA) is 151 Å². The van der Waals surface area contributed by atoms with Crippen LogP contribution in [0.15, 0.2) is 89.8 Å². The van der Waals surface area contributed by atoms with E-state index in [0.29, 0.717) is 24.2 Å². The van der Waals surface area contributed by atoms with Crippen LogP contribution in [0.2, 0.25) is 0 Å². The molecule has 4 rings (SSSR count). The van der Waals surface area contributed by atoms with Crippen molar-refractivity contribution in [3.05, 3.63) is 102 Å². The number of nitrogen functional groups attached to an aromatic ring is 1. The van der Waals surface area contributed by atoms with E-state index in [4.69, 9.17) is 5.73 Å². The number of pyridine rings is 1. The zero-order chi connectivity index (χ0) is 26.4. The molecule has 0 aliphatic heterocycles. The summed E-state index contributed by atoms with van der Waals surface area (Å²) in [5, 5.41) is 14.0. The van der Waals surface area contributed by atoms with Crippen molar-refractivity contribution in [2.45, 2.75) is 23.8 Å². The van der Waals surface area contributed by atoms with Gasteiger partial charge in [-0.1, -0.05) is 54.6 Å². The van der Waals surface area contributed by atoms with Gasteiger partial charge >= 0.3 is 5.97 Å². The van der Waals surface area contributed by atoms with Gasteiger partial charge in [-0.15, -0.1) is 0 Å². The number of aryl methyl sites for hydroxylation is 2. The predicted molar refractivity (Wildman–Crippen MR) is 141 cm³/mol. The van der Waals surface area contributed by atoms with E-state index in [1.807, 2.05) is 42.5 Å². The molecule has 0 spiro atoms. The molecule has 0 bridgehead atoms. The highest BCUT2D eigenvalue weighted by Gasteiger charge is 2.26. The number of carbonyl (C=O) groups excluding carboxylic acids is 1. The van der Waals surface area contributed by atoms with E-state index in [-0.39, 0.29) is 4.90 Å². The molecule has 5 N–H and O–H groups in total. The van der Waals surface area contributed by atoms with E-state index in [1.165, 1.54) is 24.3 Å². The minimum atomic E-state index is -4.06. The Bertz CT molecular complexity index is 1520. The van der Waals surface area contributed by atoms with Gasteiger partial charge in [0.25, 0.3) is 5.91 Å². The highest BCUT2D eigenvalue weighted by atomic mass is 32.2. The third-order valence-electron chi connectivity index (χ3n) is 5.82. The van der Waals surface area contributed by atoms with Crippen molar-refractivity contribution in [2.75, 3.05) is 12.3 Å². The summed E-state index contributed by atoms with van der Waals surface area (Å²) >= 11 is 0. The zero-order valence-corrected chi connectivity index (χ0v) is 20.6. The fraction of sp³-hybridized carbons (Fsp3) is 0.148. The summed E-state index contributed by atoms with van der Waals surface area (Å²) in [4.78, 5) is 28.6. The third-order valence-corrected chi connectivity index (χ3v) is 7.31. The van der Waals surface area contributed by atoms with Gasteiger partial charge in [0.05, 0.1) is 10.6 Å². The Kier molecular flexibility index (Phi) is 7.80. The van der Waals surface area contributed by atoms with Crippen LogP contribution in [0, 0.1) is 0 Å². The molecule has 0 radical (unpaired) electrons. The summed E-state index contributed by atoms with van der Waals surface area (Å²) in [7, 11) is -4.06. The van der Waals surface area contributed by atoms with E-state index < -0.39 is 34.5 Å². The molecule has 1 aromatic heterocycles. The summed E-state index contributed by atoms with van der Waals surface area (Å²) in [5.74, 6) is -1.45. The van der Waals surface area contributed by atoms with Crippen molar-refractivity contribution < 1.29 is 23.1 Å². The first kappa shape index (κ1) is 25.8. The van der Waals surface area contributed by atoms with E-state index in [2.05, 4.69) is 15.0 Å². The number of carbonyl (C=O) groups is 2. The van der Waals surface area contributed by atoms with Gasteiger partial charge in [-0.25, -0.2) is 13.4 Å². The van der Waals surface area contributed by atoms with Crippen LogP contribution in [-0.4, -0.2) is 43.0 Å². The quantitative estimate of drug-likeness (QED) is 0.252. The lowest BCUT2D eigenvalue weighted by Crippen LogP contribution is -2.48. The number of hydrogen-bond acceptors (Lipinski definition) is 6. The summed E-state index contributed by atoms with van der Waals surface area (Å²) in [5.41, 5.74) is 8.16. The molecule has 1 heterocycles. The number of fused-ring (bicyclic) bond motifs is 1. The van der Waals surface area contributed by atoms with E-state index in [1.54, 1.807) is 18.2 Å². The molecule has 1 unspecified atom stereocenters. The number of sulfonamides is 1. The highest BCUT2D eigenvalue weighted by Crippen LogP contribution is 2.21. The van der Waals surface area contributed by atoms with Crippen molar-refractivity contribution in [1.82, 2.24) is 15.0 Å². The maximum Gasteiger partial charge on any atom is 0.323 e. The molecule has 190 valence electrons. The predicted octanol–water partition coefficient (Wildman–Crippen LogP) is 2.76. The molecule has 0 aliphatic carbocycles. The van der Waals surface area contributed by atoms with Crippen LogP contribution in [0.5, 0.6) is 0 Å². The Hall–Kier alpha value is -4.28. The fourth-order valence-electron chi connectivity index (χ4n) is 3.90. The molecule has 0 saturated carbocycles. The average molecular weight is 519 g/mol. The Balaban J connectivity index is 1.36. The summed E-state index contributed by atoms with van der Waals surface area (Å²) in [6, 6.07) is 22.5. The van der Waals surface area contributed by atoms with Gasteiger partial charge in [0.1, 0.15) is 11.9 Å². The lowest BCUT2D eigenvalue weighted by molar-refractivity contribution is -0.138. The third kappa shape index (κ3) is 6.49. The van der Waals surface area contributed by atoms with E-state index in [0.717, 1.165) is 22.0 Å². The molecule has 37 heavy (non-hydrogen) atoms. The lowest BCUT2D eigenvalue weighted by atomic mass is 10.0. The average Bonchev–Trinajstić information content (AvgIpc) is 2.90. The number of benzene rings is 3. The van der Waals surface area contributed by atoms with Crippen LogP contribution in [0.4, 0.5) is 5.82 Å². The van der Waals surface area contributed by atoms with Crippen molar-refractivity contribution in [3.63, 3.8) is 0 Å². The smallest absolute Gasteiger partial charge is 0.323 e. The summed E-state index contributed by atoms with van der Waals surface area (Å²) in [6.07, 6.45) is 1.35. The molecular weight excluding hydrogens is 492 g/mol. The molecule has 0 saturated heterocycles. The monoisotopic (exact) mass is 518 g/mol. The van der Waals surface area contributed by atoms with Gasteiger partial charge in [0, 0.05) is 17.5 Å². The summed E-state index contributed by atoms with van der Waals surface area (Å²) in [6.45, 7) is -0.420. The number of hydrogen-bond donors (Lipinski definition) is 4. The number of rotatable bonds is 10. The number of nitrogens with one attached hydrogen (secondary N) is 2. The first-order valence-electron chi connectivity index (χ1n) is 11.5. The number of aliphatic carboxylic acids is 1. The first-order valence-corrected chi connectivity index (χ1v) is 13.0. The highest BCUT2D eigenvalue weighted by molar-refractivity contribution is 7.89. The Morgan fingerprint density at radius 1 is 0.919 bits per heavy atom. The SMILES string of the molecule is Nc1cc2ccccc2c(CCc2ccc(C(=O)NCC(NS(=O)(=O)c3ccccc3)C(=O)O)cc2)n1. The number of carboxylic acids is 1. The van der Waals surface area contributed by atoms with Gasteiger partial charge in [-0.2, -0.15) is 4.72 Å². The van der Waals surface area contributed by atoms with Crippen LogP contribution in [0.1, 0.15) is 21.6 Å². The van der Waals surface area contributed by atoms with Crippen LogP contribution >= 0.6 is 0 Å². The largest absolute Gasteiger partial charge is 0.480 e. The van der Waals surface area contributed by atoms with E-state index in [9.17, 15) is 23.1 Å². The number of nitrogens with two attached hydrogens (primary N) is 1. The summed E-state index contributed by atoms with van der Waals surface area (Å²) < 4.78 is 27.0. The number of anilines is 1. The minimum Gasteiger partial charge on any atom is -0.480 e. The first-order chi connectivity index (χ1) is 17.7. The standard InChI is InChI=1S/C27H26N4O5S/c28-25-16-20-6-4-5-9-22(20)23(30-25)15-12-18-10-13-19(14-11-18)26(32)29-17-24(27(33)34)31-37(35,36)21-7-2-1-3-8-21/h1-11,13-14,16,24,31H,12,15,17H2,(H2,28,30)(H,29,32)(H,33,34). The van der Waals surface area contributed by atoms with Crippen LogP contribution in [-0.2, 0) is 27.7 Å². The molecular formula is C27H26N4O5S. The Labute approximate surface area is 214 Å². The van der Waals surface area contributed by atoms with Crippen molar-refractivity contribution in [3.8, 4) is 0 Å². The zero-order valence-electron chi connectivity index (χ0n) is 19.8. The fourth-order valence-corrected chi connectivity index (χ4v) is 5.11. The van der Waals surface area contributed by atoms with Gasteiger partial charge < -0.3 is 16.2 Å². The number of aromatic nitrogens is 1. The van der Waals surface area contributed by atoms with Crippen LogP contribution in [0.25, 0.3) is 10.8 Å². The molecule has 0 fully saturated rings. The van der Waals surface area contributed by atoms with Gasteiger partial charge in [0.2, 0.25) is 10.0 Å². The minimum absolute atomic E-state index is 0.0652. The maximum atomic E-state index is 12.6. The van der Waals surface area contributed by atoms with Gasteiger partial charge in [-0.05, 0) is 54.1 Å². The molecule has 9 nitrogen and oxygen atoms in total. The van der Waals surface area contributed by atoms with Crippen molar-refractivity contribution >= 4 is 38.5 Å². The number of nitrogens with zero attached hydrogens (tertiary/aromatic N) is 1. The number of carboxylic acid groups (broad SMARTS) is 1. The van der Waals surface area contributed by atoms with Gasteiger partial charge in [-0.3, -0.25) is 9.59 Å². The molecule has 0 aliphatic rings. The molecule has 10 heteroatoms. The Morgan fingerprint density at radius 2 is 1.59 bits per heavy atom. The normalized spacial score (nSPS) is 12.2. The molecule has 1 atom stereocenters. The molecule has 1 amide bonds. The number of amides is 1. The van der Waals surface area contributed by atoms with E-state index >= 15 is 0 Å². The molecule has 4 aromatic rings. The second kappa shape index (κ2) is 11.2. The molecule has 3 aromatic carbocycles. The second-order valence-corrected chi connectivity index (χ2v) is 10.2. The van der Waals surface area contributed by atoms with Crippen LogP contribution < -0.4 is 15.8 Å². The lowest BCUT2D eigenvalue weighted by Gasteiger charge is -2.16. The maximum absolute atomic E-state index is 12.6. The second-order valence-electron chi connectivity index (χ2n) is 8.45. The Morgan fingerprint density at radius 3 is 2.30 bits per heavy atom. The van der Waals surface area contributed by atoms with Crippen molar-refractivity contribution in [2.24, 2.45) is 0 Å². The van der Waals surface area contributed by atoms with Gasteiger partial charge in [0.15, 0.2) is 0 Å². The van der Waals surface area contributed by atoms with Crippen molar-refractivity contribution in [1.29, 1.82) is 0 Å².